The van der Waals surface area contributed by atoms with Crippen molar-refractivity contribution in [2.45, 2.75) is 19.9 Å². The lowest BCUT2D eigenvalue weighted by Crippen LogP contribution is -2.15. The standard InChI is InChI=1S/C10H15N3O4/c1-2-17-6-4-9(14)11-8-3-5-13(12-8)7-10(15)16/h3,5H,2,4,6-7H2,1H3,(H,15,16)(H,11,12,14). The predicted molar refractivity (Wildman–Crippen MR) is 59.6 cm³/mol. The Morgan fingerprint density at radius 1 is 1.59 bits per heavy atom. The Bertz CT molecular complexity index is 389. The number of aliphatic carboxylic acids is 1. The second kappa shape index (κ2) is 6.64. The number of hydrogen-bond donors (Lipinski definition) is 2. The summed E-state index contributed by atoms with van der Waals surface area (Å²) in [6.07, 6.45) is 1.74. The summed E-state index contributed by atoms with van der Waals surface area (Å²) in [6, 6.07) is 1.54. The third-order valence-electron chi connectivity index (χ3n) is 1.88. The Labute approximate surface area is 98.4 Å². The molecule has 0 spiro atoms. The molecule has 7 heteroatoms. The van der Waals surface area contributed by atoms with Crippen LogP contribution in [-0.4, -0.2) is 40.0 Å². The Balaban J connectivity index is 2.38. The first-order valence-corrected chi connectivity index (χ1v) is 5.24. The molecule has 1 heterocycles. The third-order valence-corrected chi connectivity index (χ3v) is 1.88. The molecular weight excluding hydrogens is 226 g/mol. The van der Waals surface area contributed by atoms with Gasteiger partial charge in [0.05, 0.1) is 13.0 Å². The quantitative estimate of drug-likeness (QED) is 0.671. The molecule has 94 valence electrons. The molecule has 0 atom stereocenters. The number of anilines is 1. The van der Waals surface area contributed by atoms with E-state index < -0.39 is 5.97 Å². The van der Waals surface area contributed by atoms with Gasteiger partial charge in [-0.25, -0.2) is 0 Å². The Morgan fingerprint density at radius 2 is 2.35 bits per heavy atom. The molecule has 0 bridgehead atoms. The van der Waals surface area contributed by atoms with Gasteiger partial charge in [0.25, 0.3) is 0 Å². The molecule has 0 radical (unpaired) electrons. The molecule has 0 aliphatic heterocycles. The second-order valence-electron chi connectivity index (χ2n) is 3.29. The van der Waals surface area contributed by atoms with Crippen molar-refractivity contribution >= 4 is 17.7 Å². The maximum atomic E-state index is 11.4. The number of ether oxygens (including phenoxy) is 1. The van der Waals surface area contributed by atoms with Crippen LogP contribution >= 0.6 is 0 Å². The zero-order valence-electron chi connectivity index (χ0n) is 9.55. The van der Waals surface area contributed by atoms with Gasteiger partial charge in [-0.15, -0.1) is 0 Å². The average molecular weight is 241 g/mol. The highest BCUT2D eigenvalue weighted by Gasteiger charge is 2.06. The van der Waals surface area contributed by atoms with Crippen LogP contribution in [0.5, 0.6) is 0 Å². The maximum absolute atomic E-state index is 11.4. The molecule has 2 N–H and O–H groups in total. The summed E-state index contributed by atoms with van der Waals surface area (Å²) in [5, 5.41) is 15.0. The minimum absolute atomic E-state index is 0.209. The van der Waals surface area contributed by atoms with Crippen molar-refractivity contribution in [1.29, 1.82) is 0 Å². The van der Waals surface area contributed by atoms with Crippen LogP contribution in [0.4, 0.5) is 5.82 Å². The van der Waals surface area contributed by atoms with Crippen LogP contribution in [0.3, 0.4) is 0 Å². The summed E-state index contributed by atoms with van der Waals surface area (Å²) in [5.41, 5.74) is 0. The largest absolute Gasteiger partial charge is 0.480 e. The number of nitrogens with zero attached hydrogens (tertiary/aromatic N) is 2. The number of carbonyl (C=O) groups excluding carboxylic acids is 1. The van der Waals surface area contributed by atoms with E-state index in [1.54, 1.807) is 6.07 Å². The van der Waals surface area contributed by atoms with Gasteiger partial charge >= 0.3 is 5.97 Å². The molecule has 1 aromatic heterocycles. The monoisotopic (exact) mass is 241 g/mol. The van der Waals surface area contributed by atoms with Crippen molar-refractivity contribution in [1.82, 2.24) is 9.78 Å². The smallest absolute Gasteiger partial charge is 0.325 e. The Morgan fingerprint density at radius 3 is 3.00 bits per heavy atom. The van der Waals surface area contributed by atoms with Crippen molar-refractivity contribution < 1.29 is 19.4 Å². The Hall–Kier alpha value is -1.89. The van der Waals surface area contributed by atoms with Gasteiger partial charge in [-0.05, 0) is 6.92 Å². The fourth-order valence-electron chi connectivity index (χ4n) is 1.17. The molecule has 7 nitrogen and oxygen atoms in total. The van der Waals surface area contributed by atoms with Crippen LogP contribution in [-0.2, 0) is 20.9 Å². The topological polar surface area (TPSA) is 93.5 Å². The van der Waals surface area contributed by atoms with Gasteiger partial charge in [0.15, 0.2) is 5.82 Å². The normalized spacial score (nSPS) is 10.2. The van der Waals surface area contributed by atoms with Crippen LogP contribution in [0.1, 0.15) is 13.3 Å². The number of carboxylic acids is 1. The molecule has 0 fully saturated rings. The average Bonchev–Trinajstić information content (AvgIpc) is 2.64. The highest BCUT2D eigenvalue weighted by molar-refractivity contribution is 5.89. The zero-order chi connectivity index (χ0) is 12.7. The van der Waals surface area contributed by atoms with Gasteiger partial charge in [0.1, 0.15) is 6.54 Å². The van der Waals surface area contributed by atoms with Crippen LogP contribution in [0, 0.1) is 0 Å². The summed E-state index contributed by atoms with van der Waals surface area (Å²) in [4.78, 5) is 21.8. The fraction of sp³-hybridized carbons (Fsp3) is 0.500. The van der Waals surface area contributed by atoms with E-state index in [1.807, 2.05) is 6.92 Å². The SMILES string of the molecule is CCOCCC(=O)Nc1ccn(CC(=O)O)n1. The summed E-state index contributed by atoms with van der Waals surface area (Å²) in [5.74, 6) is -0.853. The molecule has 0 saturated heterocycles. The fourth-order valence-corrected chi connectivity index (χ4v) is 1.17. The number of nitrogens with one attached hydrogen (secondary N) is 1. The number of hydrogen-bond acceptors (Lipinski definition) is 4. The lowest BCUT2D eigenvalue weighted by Gasteiger charge is -2.02. The molecule has 17 heavy (non-hydrogen) atoms. The van der Waals surface area contributed by atoms with E-state index >= 15 is 0 Å². The summed E-state index contributed by atoms with van der Waals surface area (Å²) >= 11 is 0. The summed E-state index contributed by atoms with van der Waals surface area (Å²) in [7, 11) is 0. The van der Waals surface area contributed by atoms with Gasteiger partial charge < -0.3 is 15.2 Å². The molecule has 1 aromatic rings. The molecule has 0 unspecified atom stereocenters. The number of aromatic nitrogens is 2. The Kier molecular flexibility index (Phi) is 5.15. The van der Waals surface area contributed by atoms with E-state index in [4.69, 9.17) is 9.84 Å². The lowest BCUT2D eigenvalue weighted by atomic mass is 10.4. The first-order valence-electron chi connectivity index (χ1n) is 5.24. The minimum Gasteiger partial charge on any atom is -0.480 e. The molecule has 0 aliphatic carbocycles. The van der Waals surface area contributed by atoms with Crippen molar-refractivity contribution in [3.05, 3.63) is 12.3 Å². The molecule has 0 aromatic carbocycles. The molecular formula is C10H15N3O4. The first-order chi connectivity index (χ1) is 8.11. The van der Waals surface area contributed by atoms with E-state index in [0.29, 0.717) is 19.0 Å². The van der Waals surface area contributed by atoms with Crippen LogP contribution in [0.25, 0.3) is 0 Å². The summed E-state index contributed by atoms with van der Waals surface area (Å²) in [6.45, 7) is 2.55. The van der Waals surface area contributed by atoms with Crippen LogP contribution in [0.2, 0.25) is 0 Å². The highest BCUT2D eigenvalue weighted by atomic mass is 16.5. The summed E-state index contributed by atoms with van der Waals surface area (Å²) < 4.78 is 6.27. The van der Waals surface area contributed by atoms with E-state index in [-0.39, 0.29) is 18.9 Å². The number of rotatable bonds is 7. The van der Waals surface area contributed by atoms with Crippen molar-refractivity contribution in [3.63, 3.8) is 0 Å². The van der Waals surface area contributed by atoms with E-state index in [9.17, 15) is 9.59 Å². The molecule has 0 saturated carbocycles. The van der Waals surface area contributed by atoms with Crippen molar-refractivity contribution in [2.24, 2.45) is 0 Å². The van der Waals surface area contributed by atoms with E-state index in [0.717, 1.165) is 0 Å². The minimum atomic E-state index is -0.984. The van der Waals surface area contributed by atoms with E-state index in [2.05, 4.69) is 10.4 Å². The number of carbonyl (C=O) groups is 2. The number of amides is 1. The lowest BCUT2D eigenvalue weighted by molar-refractivity contribution is -0.137. The van der Waals surface area contributed by atoms with Gasteiger partial charge in [0, 0.05) is 18.9 Å². The maximum Gasteiger partial charge on any atom is 0.325 e. The third kappa shape index (κ3) is 5.12. The van der Waals surface area contributed by atoms with Gasteiger partial charge in [0.2, 0.25) is 5.91 Å². The van der Waals surface area contributed by atoms with Gasteiger partial charge in [-0.3, -0.25) is 14.3 Å². The molecule has 1 amide bonds. The van der Waals surface area contributed by atoms with Gasteiger partial charge in [-0.2, -0.15) is 5.10 Å². The van der Waals surface area contributed by atoms with E-state index in [1.165, 1.54) is 10.9 Å². The zero-order valence-corrected chi connectivity index (χ0v) is 9.55. The highest BCUT2D eigenvalue weighted by Crippen LogP contribution is 2.03. The second-order valence-corrected chi connectivity index (χ2v) is 3.29. The first kappa shape index (κ1) is 13.2. The molecule has 1 rings (SSSR count). The van der Waals surface area contributed by atoms with Crippen molar-refractivity contribution in [2.75, 3.05) is 18.5 Å². The van der Waals surface area contributed by atoms with Crippen LogP contribution in [0.15, 0.2) is 12.3 Å². The van der Waals surface area contributed by atoms with Crippen molar-refractivity contribution in [3.8, 4) is 0 Å². The van der Waals surface area contributed by atoms with Crippen LogP contribution < -0.4 is 5.32 Å². The number of carboxylic acid groups (broad SMARTS) is 1. The predicted octanol–water partition coefficient (Wildman–Crippen LogP) is 0.333. The molecule has 0 aliphatic rings. The van der Waals surface area contributed by atoms with Gasteiger partial charge in [-0.1, -0.05) is 0 Å².